The topological polar surface area (TPSA) is 107 Å². The van der Waals surface area contributed by atoms with E-state index in [1.165, 1.54) is 12.2 Å². The number of hydrogen-bond acceptors (Lipinski definition) is 6. The number of cyclic esters (lactones) is 1. The normalized spacial score (nSPS) is 43.8. The van der Waals surface area contributed by atoms with E-state index in [9.17, 15) is 25.2 Å². The van der Waals surface area contributed by atoms with Crippen molar-refractivity contribution in [3.05, 3.63) is 36.5 Å². The molecule has 1 aliphatic heterocycles. The van der Waals surface area contributed by atoms with Crippen LogP contribution in [0.15, 0.2) is 36.5 Å². The molecule has 1 spiro atoms. The molecule has 6 atom stereocenters. The third-order valence-corrected chi connectivity index (χ3v) is 4.51. The minimum Gasteiger partial charge on any atom is -0.430 e. The van der Waals surface area contributed by atoms with Gasteiger partial charge in [-0.2, -0.15) is 0 Å². The van der Waals surface area contributed by atoms with Gasteiger partial charge < -0.3 is 25.2 Å². The highest BCUT2D eigenvalue weighted by atomic mass is 16.7. The number of allylic oxidation sites excluding steroid dienone is 5. The van der Waals surface area contributed by atoms with Crippen molar-refractivity contribution in [1.82, 2.24) is 0 Å². The van der Waals surface area contributed by atoms with Gasteiger partial charge >= 0.3 is 5.97 Å². The summed E-state index contributed by atoms with van der Waals surface area (Å²) >= 11 is 0. The zero-order chi connectivity index (χ0) is 17.3. The molecule has 1 saturated heterocycles. The van der Waals surface area contributed by atoms with Crippen LogP contribution >= 0.6 is 0 Å². The lowest BCUT2D eigenvalue weighted by Crippen LogP contribution is -2.59. The predicted octanol–water partition coefficient (Wildman–Crippen LogP) is 0.419. The first-order valence-electron chi connectivity index (χ1n) is 7.80. The number of hydrogen-bond donors (Lipinski definition) is 4. The van der Waals surface area contributed by atoms with E-state index >= 15 is 0 Å². The van der Waals surface area contributed by atoms with E-state index in [4.69, 9.17) is 4.74 Å². The summed E-state index contributed by atoms with van der Waals surface area (Å²) in [6.07, 6.45) is 7.37. The van der Waals surface area contributed by atoms with Gasteiger partial charge in [0.1, 0.15) is 17.6 Å². The second kappa shape index (κ2) is 6.57. The lowest BCUT2D eigenvalue weighted by Gasteiger charge is -2.42. The fourth-order valence-corrected chi connectivity index (χ4v) is 3.21. The molecule has 1 heterocycles. The lowest BCUT2D eigenvalue weighted by molar-refractivity contribution is -0.209. The molecule has 6 heteroatoms. The summed E-state index contributed by atoms with van der Waals surface area (Å²) in [5.74, 6) is -3.77. The molecule has 0 saturated carbocycles. The Morgan fingerprint density at radius 1 is 1.26 bits per heavy atom. The Morgan fingerprint density at radius 2 is 1.96 bits per heavy atom. The maximum Gasteiger partial charge on any atom is 0.321 e. The molecule has 23 heavy (non-hydrogen) atoms. The highest BCUT2D eigenvalue weighted by Gasteiger charge is 2.69. The van der Waals surface area contributed by atoms with Gasteiger partial charge in [-0.25, -0.2) is 0 Å². The fraction of sp³-hybridized carbons (Fsp3) is 0.588. The summed E-state index contributed by atoms with van der Waals surface area (Å²) in [6, 6.07) is 0. The Bertz CT molecular complexity index is 535. The second-order valence-corrected chi connectivity index (χ2v) is 6.23. The Labute approximate surface area is 135 Å². The molecule has 6 nitrogen and oxygen atoms in total. The van der Waals surface area contributed by atoms with Gasteiger partial charge in [0.15, 0.2) is 0 Å². The van der Waals surface area contributed by atoms with Gasteiger partial charge in [-0.1, -0.05) is 49.8 Å². The Morgan fingerprint density at radius 3 is 2.52 bits per heavy atom. The van der Waals surface area contributed by atoms with E-state index in [-0.39, 0.29) is 0 Å². The molecule has 0 bridgehead atoms. The zero-order valence-corrected chi connectivity index (χ0v) is 13.3. The van der Waals surface area contributed by atoms with Crippen LogP contribution in [0.5, 0.6) is 0 Å². The lowest BCUT2D eigenvalue weighted by atomic mass is 9.62. The van der Waals surface area contributed by atoms with E-state index in [0.717, 1.165) is 19.8 Å². The number of carbonyl (C=O) groups excluding carboxylic acids is 1. The molecule has 2 rings (SSSR count). The number of unbranched alkanes of at least 4 members (excludes halogenated alkanes) is 1. The van der Waals surface area contributed by atoms with Crippen LogP contribution < -0.4 is 0 Å². The van der Waals surface area contributed by atoms with Gasteiger partial charge in [-0.3, -0.25) is 4.79 Å². The summed E-state index contributed by atoms with van der Waals surface area (Å²) < 4.78 is 4.86. The molecule has 1 fully saturated rings. The average Bonchev–Trinajstić information content (AvgIpc) is 2.66. The molecule has 0 unspecified atom stereocenters. The van der Waals surface area contributed by atoms with Gasteiger partial charge in [0.25, 0.3) is 0 Å². The molecule has 0 aromatic carbocycles. The fourth-order valence-electron chi connectivity index (χ4n) is 3.21. The number of ether oxygens (including phenoxy) is 1. The van der Waals surface area contributed by atoms with E-state index in [2.05, 4.69) is 6.92 Å². The summed E-state index contributed by atoms with van der Waals surface area (Å²) in [6.45, 7) is 3.21. The molecule has 2 aliphatic rings. The first kappa shape index (κ1) is 17.9. The summed E-state index contributed by atoms with van der Waals surface area (Å²) in [5.41, 5.74) is -1.84. The van der Waals surface area contributed by atoms with Crippen molar-refractivity contribution < 1.29 is 30.0 Å². The summed E-state index contributed by atoms with van der Waals surface area (Å²) in [4.78, 5) is 12.4. The monoisotopic (exact) mass is 324 g/mol. The molecule has 0 radical (unpaired) electrons. The van der Waals surface area contributed by atoms with Gasteiger partial charge in [-0.05, 0) is 6.42 Å². The van der Waals surface area contributed by atoms with E-state index in [0.29, 0.717) is 0 Å². The van der Waals surface area contributed by atoms with E-state index in [1.54, 1.807) is 12.2 Å². The number of aliphatic hydroxyl groups is 4. The van der Waals surface area contributed by atoms with Crippen LogP contribution in [-0.2, 0) is 9.53 Å². The minimum atomic E-state index is -2.12. The van der Waals surface area contributed by atoms with Crippen molar-refractivity contribution in [2.24, 2.45) is 11.3 Å². The third kappa shape index (κ3) is 2.87. The highest BCUT2D eigenvalue weighted by molar-refractivity contribution is 5.83. The molecular formula is C17H24O6. The molecule has 0 aromatic heterocycles. The number of esters is 1. The van der Waals surface area contributed by atoms with Crippen LogP contribution in [-0.4, -0.2) is 50.5 Å². The van der Waals surface area contributed by atoms with Crippen LogP contribution in [0.4, 0.5) is 0 Å². The predicted molar refractivity (Wildman–Crippen MR) is 83.0 cm³/mol. The van der Waals surface area contributed by atoms with Crippen molar-refractivity contribution in [2.75, 3.05) is 0 Å². The maximum atomic E-state index is 12.4. The Kier molecular flexibility index (Phi) is 5.10. The molecule has 0 aromatic rings. The minimum absolute atomic E-state index is 0.719. The van der Waals surface area contributed by atoms with Gasteiger partial charge in [0.2, 0.25) is 5.79 Å². The maximum absolute atomic E-state index is 12.4. The van der Waals surface area contributed by atoms with Crippen LogP contribution in [0.2, 0.25) is 0 Å². The third-order valence-electron chi connectivity index (χ3n) is 4.51. The highest BCUT2D eigenvalue weighted by Crippen LogP contribution is 2.51. The van der Waals surface area contributed by atoms with Crippen molar-refractivity contribution in [1.29, 1.82) is 0 Å². The molecule has 128 valence electrons. The molecule has 4 N–H and O–H groups in total. The zero-order valence-electron chi connectivity index (χ0n) is 13.3. The van der Waals surface area contributed by atoms with Crippen molar-refractivity contribution in [3.63, 3.8) is 0 Å². The van der Waals surface area contributed by atoms with Crippen molar-refractivity contribution in [3.8, 4) is 0 Å². The van der Waals surface area contributed by atoms with Gasteiger partial charge in [0.05, 0.1) is 6.10 Å². The Balaban J connectivity index is 2.39. The smallest absolute Gasteiger partial charge is 0.321 e. The number of rotatable bonds is 4. The second-order valence-electron chi connectivity index (χ2n) is 6.23. The van der Waals surface area contributed by atoms with Crippen LogP contribution in [0.3, 0.4) is 0 Å². The molecular weight excluding hydrogens is 300 g/mol. The van der Waals surface area contributed by atoms with Crippen molar-refractivity contribution in [2.45, 2.75) is 50.8 Å². The molecule has 1 aliphatic carbocycles. The summed E-state index contributed by atoms with van der Waals surface area (Å²) in [5, 5.41) is 40.8. The SMILES string of the molecule is CCC/C=C/C=C/[C@@H]1C=C[C@@H](O)[C@@H](O)[C@]12C(=O)O[C@](C)(O)[C@@H]2O. The number of carbonyl (C=O) groups is 1. The quantitative estimate of drug-likeness (QED) is 0.339. The van der Waals surface area contributed by atoms with Crippen LogP contribution in [0.1, 0.15) is 26.7 Å². The van der Waals surface area contributed by atoms with E-state index < -0.39 is 41.4 Å². The average molecular weight is 324 g/mol. The standard InChI is InChI=1S/C17H24O6/c1-3-4-5-6-7-8-11-9-10-12(18)13(19)17(11)14(20)16(2,22)23-15(17)21/h5-14,18-20,22H,3-4H2,1-2H3/b6-5+,8-7+/t11-,12-,13-,14+,16+,17-/m1/s1. The van der Waals surface area contributed by atoms with Crippen molar-refractivity contribution >= 4 is 5.97 Å². The number of aliphatic hydroxyl groups excluding tert-OH is 3. The van der Waals surface area contributed by atoms with Gasteiger partial charge in [0, 0.05) is 12.8 Å². The molecule has 0 amide bonds. The summed E-state index contributed by atoms with van der Waals surface area (Å²) in [7, 11) is 0. The first-order chi connectivity index (χ1) is 10.8. The van der Waals surface area contributed by atoms with Gasteiger partial charge in [-0.15, -0.1) is 0 Å². The van der Waals surface area contributed by atoms with Crippen LogP contribution in [0.25, 0.3) is 0 Å². The first-order valence-corrected chi connectivity index (χ1v) is 7.80. The van der Waals surface area contributed by atoms with E-state index in [1.807, 2.05) is 12.2 Å². The largest absolute Gasteiger partial charge is 0.430 e. The van der Waals surface area contributed by atoms with Crippen LogP contribution in [0, 0.1) is 11.3 Å². The Hall–Kier alpha value is -1.47.